The SMILES string of the molecule is CCc1ccc(S(=O)(=O)Nc2ccccc2-n2ncc(C#N)c2N)s1. The first-order valence-electron chi connectivity index (χ1n) is 7.40. The zero-order chi connectivity index (χ0) is 18.0. The molecule has 3 N–H and O–H groups in total. The number of nitrogen functional groups attached to an aromatic ring is 1. The number of benzene rings is 1. The summed E-state index contributed by atoms with van der Waals surface area (Å²) in [6.07, 6.45) is 2.12. The van der Waals surface area contributed by atoms with Gasteiger partial charge in [-0.1, -0.05) is 19.1 Å². The highest BCUT2D eigenvalue weighted by atomic mass is 32.2. The predicted molar refractivity (Wildman–Crippen MR) is 97.2 cm³/mol. The van der Waals surface area contributed by atoms with Crippen LogP contribution in [0.5, 0.6) is 0 Å². The minimum absolute atomic E-state index is 0.151. The Morgan fingerprint density at radius 1 is 1.32 bits per heavy atom. The number of aromatic nitrogens is 2. The molecule has 0 saturated carbocycles. The molecular weight excluding hydrogens is 358 g/mol. The topological polar surface area (TPSA) is 114 Å². The number of hydrogen-bond donors (Lipinski definition) is 2. The van der Waals surface area contributed by atoms with Crippen LogP contribution in [-0.2, 0) is 16.4 Å². The first-order chi connectivity index (χ1) is 12.0. The molecule has 0 aliphatic carbocycles. The fourth-order valence-corrected chi connectivity index (χ4v) is 4.64. The average Bonchev–Trinajstić information content (AvgIpc) is 3.22. The fourth-order valence-electron chi connectivity index (χ4n) is 2.27. The maximum absolute atomic E-state index is 12.6. The van der Waals surface area contributed by atoms with E-state index < -0.39 is 10.0 Å². The molecule has 2 aromatic heterocycles. The number of aryl methyl sites for hydroxylation is 1. The molecule has 0 amide bonds. The first-order valence-corrected chi connectivity index (χ1v) is 9.70. The fraction of sp³-hybridized carbons (Fsp3) is 0.125. The Bertz CT molecular complexity index is 1060. The molecule has 0 saturated heterocycles. The van der Waals surface area contributed by atoms with Crippen molar-refractivity contribution >= 4 is 32.9 Å². The van der Waals surface area contributed by atoms with Gasteiger partial charge in [0.05, 0.1) is 17.6 Å². The van der Waals surface area contributed by atoms with Gasteiger partial charge in [0.1, 0.15) is 21.7 Å². The molecular formula is C16H15N5O2S2. The number of anilines is 2. The predicted octanol–water partition coefficient (Wildman–Crippen LogP) is 2.75. The molecule has 7 nitrogen and oxygen atoms in total. The maximum atomic E-state index is 12.6. The van der Waals surface area contributed by atoms with E-state index in [1.165, 1.54) is 22.2 Å². The number of nitriles is 1. The number of nitrogens with zero attached hydrogens (tertiary/aromatic N) is 3. The lowest BCUT2D eigenvalue weighted by atomic mass is 10.2. The number of rotatable bonds is 5. The summed E-state index contributed by atoms with van der Waals surface area (Å²) in [6.45, 7) is 1.97. The van der Waals surface area contributed by atoms with E-state index in [1.54, 1.807) is 36.4 Å². The highest BCUT2D eigenvalue weighted by Gasteiger charge is 2.20. The van der Waals surface area contributed by atoms with Gasteiger partial charge in [-0.15, -0.1) is 11.3 Å². The molecule has 128 valence electrons. The monoisotopic (exact) mass is 373 g/mol. The third-order valence-corrected chi connectivity index (χ3v) is 6.64. The summed E-state index contributed by atoms with van der Waals surface area (Å²) in [6, 6.07) is 12.1. The van der Waals surface area contributed by atoms with E-state index in [2.05, 4.69) is 9.82 Å². The van der Waals surface area contributed by atoms with Gasteiger partial charge in [0.2, 0.25) is 0 Å². The number of sulfonamides is 1. The van der Waals surface area contributed by atoms with Crippen LogP contribution in [-0.4, -0.2) is 18.2 Å². The summed E-state index contributed by atoms with van der Waals surface area (Å²) in [5.74, 6) is 0.151. The van der Waals surface area contributed by atoms with E-state index in [-0.39, 0.29) is 15.6 Å². The molecule has 3 aromatic rings. The van der Waals surface area contributed by atoms with E-state index in [9.17, 15) is 8.42 Å². The molecule has 3 rings (SSSR count). The molecule has 2 heterocycles. The van der Waals surface area contributed by atoms with Crippen molar-refractivity contribution in [3.05, 3.63) is 53.0 Å². The van der Waals surface area contributed by atoms with Crippen LogP contribution < -0.4 is 10.5 Å². The van der Waals surface area contributed by atoms with Crippen LogP contribution in [0.3, 0.4) is 0 Å². The van der Waals surface area contributed by atoms with Crippen molar-refractivity contribution in [1.82, 2.24) is 9.78 Å². The van der Waals surface area contributed by atoms with Crippen LogP contribution in [0.2, 0.25) is 0 Å². The number of para-hydroxylation sites is 2. The van der Waals surface area contributed by atoms with Crippen molar-refractivity contribution in [2.75, 3.05) is 10.5 Å². The normalized spacial score (nSPS) is 11.2. The molecule has 0 unspecified atom stereocenters. The molecule has 1 aromatic carbocycles. The summed E-state index contributed by atoms with van der Waals surface area (Å²) in [4.78, 5) is 0.989. The number of thiophene rings is 1. The van der Waals surface area contributed by atoms with Gasteiger partial charge in [0, 0.05) is 4.88 Å². The zero-order valence-corrected chi connectivity index (χ0v) is 14.9. The van der Waals surface area contributed by atoms with Gasteiger partial charge in [0.25, 0.3) is 10.0 Å². The quantitative estimate of drug-likeness (QED) is 0.714. The van der Waals surface area contributed by atoms with E-state index >= 15 is 0 Å². The third kappa shape index (κ3) is 3.22. The molecule has 0 fully saturated rings. The van der Waals surface area contributed by atoms with Crippen molar-refractivity contribution in [2.45, 2.75) is 17.6 Å². The molecule has 0 bridgehead atoms. The zero-order valence-electron chi connectivity index (χ0n) is 13.3. The van der Waals surface area contributed by atoms with Crippen LogP contribution in [0.25, 0.3) is 5.69 Å². The Morgan fingerprint density at radius 3 is 2.72 bits per heavy atom. The second kappa shape index (κ2) is 6.58. The smallest absolute Gasteiger partial charge is 0.271 e. The summed E-state index contributed by atoms with van der Waals surface area (Å²) in [7, 11) is -3.72. The second-order valence-electron chi connectivity index (χ2n) is 5.16. The third-order valence-electron chi connectivity index (χ3n) is 3.55. The molecule has 0 spiro atoms. The minimum Gasteiger partial charge on any atom is -0.382 e. The number of nitrogens with one attached hydrogen (secondary N) is 1. The van der Waals surface area contributed by atoms with Crippen LogP contribution in [0.4, 0.5) is 11.5 Å². The van der Waals surface area contributed by atoms with Gasteiger partial charge in [-0.25, -0.2) is 13.1 Å². The number of nitrogens with two attached hydrogens (primary N) is 1. The van der Waals surface area contributed by atoms with E-state index in [0.29, 0.717) is 11.4 Å². The van der Waals surface area contributed by atoms with Gasteiger partial charge in [-0.05, 0) is 30.7 Å². The Labute approximate surface area is 149 Å². The van der Waals surface area contributed by atoms with Crippen molar-refractivity contribution in [1.29, 1.82) is 5.26 Å². The number of hydrogen-bond acceptors (Lipinski definition) is 6. The molecule has 25 heavy (non-hydrogen) atoms. The lowest BCUT2D eigenvalue weighted by Crippen LogP contribution is -2.14. The minimum atomic E-state index is -3.72. The van der Waals surface area contributed by atoms with Gasteiger partial charge < -0.3 is 5.73 Å². The first kappa shape index (κ1) is 17.0. The Kier molecular flexibility index (Phi) is 4.48. The van der Waals surface area contributed by atoms with Crippen LogP contribution >= 0.6 is 11.3 Å². The Hall–Kier alpha value is -2.83. The molecule has 0 atom stereocenters. The molecule has 9 heteroatoms. The van der Waals surface area contributed by atoms with Crippen molar-refractivity contribution in [3.63, 3.8) is 0 Å². The van der Waals surface area contributed by atoms with Crippen LogP contribution in [0.15, 0.2) is 46.8 Å². The molecule has 0 aliphatic rings. The summed E-state index contributed by atoms with van der Waals surface area (Å²) in [5.41, 5.74) is 6.91. The lowest BCUT2D eigenvalue weighted by Gasteiger charge is -2.12. The Morgan fingerprint density at radius 2 is 2.08 bits per heavy atom. The van der Waals surface area contributed by atoms with E-state index in [0.717, 1.165) is 11.3 Å². The summed E-state index contributed by atoms with van der Waals surface area (Å²) < 4.78 is 29.4. The highest BCUT2D eigenvalue weighted by Crippen LogP contribution is 2.28. The molecule has 0 aliphatic heterocycles. The van der Waals surface area contributed by atoms with E-state index in [4.69, 9.17) is 11.0 Å². The van der Waals surface area contributed by atoms with Crippen molar-refractivity contribution in [3.8, 4) is 11.8 Å². The van der Waals surface area contributed by atoms with Crippen molar-refractivity contribution in [2.24, 2.45) is 0 Å². The molecule has 0 radical (unpaired) electrons. The van der Waals surface area contributed by atoms with Gasteiger partial charge in [-0.3, -0.25) is 4.72 Å². The van der Waals surface area contributed by atoms with Crippen molar-refractivity contribution < 1.29 is 8.42 Å². The van der Waals surface area contributed by atoms with E-state index in [1.807, 2.05) is 13.0 Å². The summed E-state index contributed by atoms with van der Waals surface area (Å²) in [5, 5.41) is 13.1. The average molecular weight is 373 g/mol. The summed E-state index contributed by atoms with van der Waals surface area (Å²) >= 11 is 1.23. The Balaban J connectivity index is 2.01. The van der Waals surface area contributed by atoms with Gasteiger partial charge in [0.15, 0.2) is 0 Å². The highest BCUT2D eigenvalue weighted by molar-refractivity contribution is 7.94. The van der Waals surface area contributed by atoms with Crippen LogP contribution in [0, 0.1) is 11.3 Å². The second-order valence-corrected chi connectivity index (χ2v) is 8.24. The van der Waals surface area contributed by atoms with Gasteiger partial charge in [-0.2, -0.15) is 10.4 Å². The van der Waals surface area contributed by atoms with Gasteiger partial charge >= 0.3 is 0 Å². The standard InChI is InChI=1S/C16H15N5O2S2/c1-2-12-7-8-15(24-12)25(22,23)20-13-5-3-4-6-14(13)21-16(18)11(9-17)10-19-21/h3-8,10,20H,2,18H2,1H3. The maximum Gasteiger partial charge on any atom is 0.271 e. The van der Waals surface area contributed by atoms with Crippen LogP contribution in [0.1, 0.15) is 17.4 Å². The largest absolute Gasteiger partial charge is 0.382 e. The lowest BCUT2D eigenvalue weighted by molar-refractivity contribution is 0.603.